The molecule has 1 N–H and O–H groups in total. The lowest BCUT2D eigenvalue weighted by Gasteiger charge is -2.33. The second-order valence-electron chi connectivity index (χ2n) is 4.54. The molecule has 0 aliphatic carbocycles. The van der Waals surface area contributed by atoms with E-state index in [1.165, 1.54) is 5.56 Å². The Morgan fingerprint density at radius 2 is 2.00 bits per heavy atom. The summed E-state index contributed by atoms with van der Waals surface area (Å²) >= 11 is 0. The van der Waals surface area contributed by atoms with Crippen molar-refractivity contribution in [1.82, 2.24) is 4.90 Å². The number of hydrogen-bond acceptors (Lipinski definition) is 2. The van der Waals surface area contributed by atoms with Crippen molar-refractivity contribution < 1.29 is 4.79 Å². The van der Waals surface area contributed by atoms with Gasteiger partial charge < -0.3 is 5.32 Å². The molecule has 4 heteroatoms. The third-order valence-electron chi connectivity index (χ3n) is 3.58. The summed E-state index contributed by atoms with van der Waals surface area (Å²) in [5.74, 6) is 0.135. The maximum Gasteiger partial charge on any atom is 0.242 e. The Morgan fingerprint density at radius 3 is 2.61 bits per heavy atom. The zero-order valence-corrected chi connectivity index (χ0v) is 12.0. The second-order valence-corrected chi connectivity index (χ2v) is 4.54. The minimum atomic E-state index is -0.0145. The first kappa shape index (κ1) is 15.0. The fraction of sp³-hybridized carbons (Fsp3) is 0.500. The van der Waals surface area contributed by atoms with Gasteiger partial charge in [-0.1, -0.05) is 32.0 Å². The molecule has 18 heavy (non-hydrogen) atoms. The Bertz CT molecular complexity index is 430. The fourth-order valence-corrected chi connectivity index (χ4v) is 2.54. The number of anilines is 1. The van der Waals surface area contributed by atoms with Gasteiger partial charge in [0.05, 0.1) is 6.04 Å². The number of likely N-dealkylation sites (N-methyl/N-ethyl adjacent to an activating group) is 1. The number of carbonyl (C=O) groups is 1. The Labute approximate surface area is 115 Å². The molecular weight excluding hydrogens is 248 g/mol. The second kappa shape index (κ2) is 6.21. The number of fused-ring (bicyclic) bond motifs is 1. The molecular formula is C14H21ClN2O. The molecule has 0 saturated heterocycles. The van der Waals surface area contributed by atoms with Crippen LogP contribution < -0.4 is 5.32 Å². The van der Waals surface area contributed by atoms with E-state index in [4.69, 9.17) is 0 Å². The molecule has 3 nitrogen and oxygen atoms in total. The molecule has 0 fully saturated rings. The van der Waals surface area contributed by atoms with Crippen LogP contribution in [0.4, 0.5) is 5.69 Å². The van der Waals surface area contributed by atoms with E-state index < -0.39 is 0 Å². The van der Waals surface area contributed by atoms with Crippen molar-refractivity contribution in [3.63, 3.8) is 0 Å². The summed E-state index contributed by atoms with van der Waals surface area (Å²) in [7, 11) is 0. The van der Waals surface area contributed by atoms with Gasteiger partial charge in [0, 0.05) is 5.69 Å². The van der Waals surface area contributed by atoms with Gasteiger partial charge in [0.2, 0.25) is 5.91 Å². The zero-order chi connectivity index (χ0) is 12.4. The van der Waals surface area contributed by atoms with Gasteiger partial charge in [-0.15, -0.1) is 12.4 Å². The van der Waals surface area contributed by atoms with Crippen molar-refractivity contribution >= 4 is 24.0 Å². The normalized spacial score (nSPS) is 18.0. The van der Waals surface area contributed by atoms with Crippen LogP contribution in [0.25, 0.3) is 0 Å². The Kier molecular flexibility index (Phi) is 5.17. The standard InChI is InChI=1S/C14H20N2O.ClH/c1-4-16(5-2)12-9-11-8-6-7-10(3)13(11)15-14(12)17;/h6-8,12H,4-5,9H2,1-3H3,(H,15,17);1H. The lowest BCUT2D eigenvalue weighted by Crippen LogP contribution is -2.47. The molecule has 0 bridgehead atoms. The number of para-hydroxylation sites is 1. The molecule has 0 spiro atoms. The molecule has 0 radical (unpaired) electrons. The van der Waals surface area contributed by atoms with Crippen LogP contribution in [0.15, 0.2) is 18.2 Å². The van der Waals surface area contributed by atoms with Crippen LogP contribution in [0.3, 0.4) is 0 Å². The summed E-state index contributed by atoms with van der Waals surface area (Å²) in [6.45, 7) is 8.06. The quantitative estimate of drug-likeness (QED) is 0.914. The first-order valence-corrected chi connectivity index (χ1v) is 6.30. The summed E-state index contributed by atoms with van der Waals surface area (Å²) < 4.78 is 0. The van der Waals surface area contributed by atoms with Crippen LogP contribution >= 0.6 is 12.4 Å². The smallest absolute Gasteiger partial charge is 0.242 e. The summed E-state index contributed by atoms with van der Waals surface area (Å²) in [4.78, 5) is 14.3. The summed E-state index contributed by atoms with van der Waals surface area (Å²) in [6, 6.07) is 6.19. The van der Waals surface area contributed by atoms with Crippen LogP contribution in [0.1, 0.15) is 25.0 Å². The van der Waals surface area contributed by atoms with E-state index in [1.807, 2.05) is 13.0 Å². The summed E-state index contributed by atoms with van der Waals surface area (Å²) in [6.07, 6.45) is 0.824. The molecule has 1 atom stereocenters. The molecule has 1 aliphatic heterocycles. The summed E-state index contributed by atoms with van der Waals surface area (Å²) in [5.41, 5.74) is 3.41. The van der Waals surface area contributed by atoms with E-state index >= 15 is 0 Å². The van der Waals surface area contributed by atoms with E-state index in [-0.39, 0.29) is 24.4 Å². The van der Waals surface area contributed by atoms with Gasteiger partial charge in [0.15, 0.2) is 0 Å². The van der Waals surface area contributed by atoms with Crippen molar-refractivity contribution in [1.29, 1.82) is 0 Å². The monoisotopic (exact) mass is 268 g/mol. The van der Waals surface area contributed by atoms with Gasteiger partial charge >= 0.3 is 0 Å². The van der Waals surface area contributed by atoms with E-state index in [2.05, 4.69) is 36.2 Å². The third kappa shape index (κ3) is 2.68. The van der Waals surface area contributed by atoms with Crippen LogP contribution in [0.5, 0.6) is 0 Å². The Hall–Kier alpha value is -1.06. The number of carbonyl (C=O) groups excluding carboxylic acids is 1. The van der Waals surface area contributed by atoms with Crippen LogP contribution in [-0.2, 0) is 11.2 Å². The number of aryl methyl sites for hydroxylation is 1. The van der Waals surface area contributed by atoms with E-state index in [0.717, 1.165) is 30.8 Å². The number of benzene rings is 1. The molecule has 100 valence electrons. The first-order valence-electron chi connectivity index (χ1n) is 6.30. The highest BCUT2D eigenvalue weighted by molar-refractivity contribution is 5.98. The highest BCUT2D eigenvalue weighted by Crippen LogP contribution is 2.27. The minimum Gasteiger partial charge on any atom is -0.324 e. The molecule has 0 saturated carbocycles. The largest absolute Gasteiger partial charge is 0.324 e. The zero-order valence-electron chi connectivity index (χ0n) is 11.2. The van der Waals surface area contributed by atoms with Gasteiger partial charge in [0.25, 0.3) is 0 Å². The predicted molar refractivity (Wildman–Crippen MR) is 77.5 cm³/mol. The lowest BCUT2D eigenvalue weighted by atomic mass is 9.95. The van der Waals surface area contributed by atoms with Crippen molar-refractivity contribution in [3.05, 3.63) is 29.3 Å². The number of halogens is 1. The van der Waals surface area contributed by atoms with Gasteiger partial charge in [-0.2, -0.15) is 0 Å². The third-order valence-corrected chi connectivity index (χ3v) is 3.58. The molecule has 1 amide bonds. The van der Waals surface area contributed by atoms with Crippen molar-refractivity contribution in [2.45, 2.75) is 33.2 Å². The van der Waals surface area contributed by atoms with Gasteiger partial charge in [-0.25, -0.2) is 0 Å². The van der Waals surface area contributed by atoms with Gasteiger partial charge in [0.1, 0.15) is 0 Å². The average molecular weight is 269 g/mol. The van der Waals surface area contributed by atoms with Crippen molar-refractivity contribution in [2.24, 2.45) is 0 Å². The SMILES string of the molecule is CCN(CC)C1Cc2cccc(C)c2NC1=O.Cl. The fourth-order valence-electron chi connectivity index (χ4n) is 2.54. The molecule has 2 rings (SSSR count). The molecule has 1 heterocycles. The topological polar surface area (TPSA) is 32.3 Å². The number of amides is 1. The highest BCUT2D eigenvalue weighted by Gasteiger charge is 2.30. The average Bonchev–Trinajstić information content (AvgIpc) is 2.33. The number of hydrogen-bond donors (Lipinski definition) is 1. The molecule has 0 aromatic heterocycles. The van der Waals surface area contributed by atoms with E-state index in [0.29, 0.717) is 0 Å². The Balaban J connectivity index is 0.00000162. The number of nitrogens with zero attached hydrogens (tertiary/aromatic N) is 1. The van der Waals surface area contributed by atoms with Crippen LogP contribution in [-0.4, -0.2) is 29.9 Å². The molecule has 1 unspecified atom stereocenters. The molecule has 1 aliphatic rings. The van der Waals surface area contributed by atoms with Crippen LogP contribution in [0, 0.1) is 6.92 Å². The van der Waals surface area contributed by atoms with Crippen LogP contribution in [0.2, 0.25) is 0 Å². The maximum atomic E-state index is 12.1. The lowest BCUT2D eigenvalue weighted by molar-refractivity contribution is -0.121. The summed E-state index contributed by atoms with van der Waals surface area (Å²) in [5, 5.41) is 3.05. The van der Waals surface area contributed by atoms with Gasteiger partial charge in [-0.3, -0.25) is 9.69 Å². The number of nitrogens with one attached hydrogen (secondary N) is 1. The molecule has 1 aromatic carbocycles. The first-order chi connectivity index (χ1) is 8.17. The van der Waals surface area contributed by atoms with Crippen molar-refractivity contribution in [3.8, 4) is 0 Å². The van der Waals surface area contributed by atoms with Crippen molar-refractivity contribution in [2.75, 3.05) is 18.4 Å². The minimum absolute atomic E-state index is 0. The predicted octanol–water partition coefficient (Wildman–Crippen LogP) is 2.62. The van der Waals surface area contributed by atoms with E-state index in [1.54, 1.807) is 0 Å². The Morgan fingerprint density at radius 1 is 1.33 bits per heavy atom. The molecule has 1 aromatic rings. The highest BCUT2D eigenvalue weighted by atomic mass is 35.5. The number of rotatable bonds is 3. The maximum absolute atomic E-state index is 12.1. The van der Waals surface area contributed by atoms with Gasteiger partial charge in [-0.05, 0) is 37.6 Å². The van der Waals surface area contributed by atoms with E-state index in [9.17, 15) is 4.79 Å².